The van der Waals surface area contributed by atoms with Crippen LogP contribution in [0.25, 0.3) is 0 Å². The summed E-state index contributed by atoms with van der Waals surface area (Å²) in [5.41, 5.74) is 2.83. The number of fused-ring (bicyclic) bond motifs is 1. The smallest absolute Gasteiger partial charge is 0.194 e. The summed E-state index contributed by atoms with van der Waals surface area (Å²) in [5, 5.41) is 11.5. The summed E-state index contributed by atoms with van der Waals surface area (Å²) in [6, 6.07) is 8.65. The predicted octanol–water partition coefficient (Wildman–Crippen LogP) is 2.65. The predicted molar refractivity (Wildman–Crippen MR) is 116 cm³/mol. The summed E-state index contributed by atoms with van der Waals surface area (Å²) >= 11 is 0. The fourth-order valence-electron chi connectivity index (χ4n) is 3.11. The van der Waals surface area contributed by atoms with Crippen LogP contribution in [0.1, 0.15) is 23.9 Å². The first-order valence-corrected chi connectivity index (χ1v) is 8.89. The summed E-state index contributed by atoms with van der Waals surface area (Å²) in [6.07, 6.45) is 5.58. The van der Waals surface area contributed by atoms with Crippen molar-refractivity contribution in [2.24, 2.45) is 4.99 Å². The lowest BCUT2D eigenvalue weighted by Gasteiger charge is -2.31. The maximum absolute atomic E-state index is 4.82. The van der Waals surface area contributed by atoms with Crippen LogP contribution in [0.2, 0.25) is 0 Å². The molecule has 0 aliphatic carbocycles. The lowest BCUT2D eigenvalue weighted by Crippen LogP contribution is -2.44. The van der Waals surface area contributed by atoms with Crippen molar-refractivity contribution in [2.45, 2.75) is 32.9 Å². The van der Waals surface area contributed by atoms with Crippen LogP contribution in [0.3, 0.4) is 0 Å². The second-order valence-electron chi connectivity index (χ2n) is 6.11. The van der Waals surface area contributed by atoms with E-state index >= 15 is 0 Å². The first-order valence-electron chi connectivity index (χ1n) is 8.89. The van der Waals surface area contributed by atoms with Gasteiger partial charge in [0.05, 0.1) is 6.54 Å². The van der Waals surface area contributed by atoms with Crippen LogP contribution in [0.4, 0.5) is 0 Å². The first kappa shape index (κ1) is 20.4. The van der Waals surface area contributed by atoms with Crippen molar-refractivity contribution in [3.63, 3.8) is 0 Å². The molecule has 0 atom stereocenters. The Labute approximate surface area is 172 Å². The van der Waals surface area contributed by atoms with E-state index in [0.29, 0.717) is 13.1 Å². The Balaban J connectivity index is 0.00000243. The van der Waals surface area contributed by atoms with Crippen molar-refractivity contribution in [2.75, 3.05) is 19.6 Å². The highest BCUT2D eigenvalue weighted by molar-refractivity contribution is 14.0. The van der Waals surface area contributed by atoms with Gasteiger partial charge >= 0.3 is 0 Å². The quantitative estimate of drug-likeness (QED) is 0.308. The molecule has 0 spiro atoms. The molecule has 26 heavy (non-hydrogen) atoms. The SMILES string of the molecule is C=CCNC(=NCCn1cnnc1CC)N1CCc2ccccc2C1.I. The lowest BCUT2D eigenvalue weighted by atomic mass is 10.0. The maximum Gasteiger partial charge on any atom is 0.194 e. The molecule has 140 valence electrons. The van der Waals surface area contributed by atoms with E-state index in [1.807, 2.05) is 6.08 Å². The zero-order valence-electron chi connectivity index (χ0n) is 15.3. The summed E-state index contributed by atoms with van der Waals surface area (Å²) in [6.45, 7) is 9.96. The number of nitrogens with one attached hydrogen (secondary N) is 1. The maximum atomic E-state index is 4.82. The molecule has 6 nitrogen and oxygen atoms in total. The first-order chi connectivity index (χ1) is 12.3. The normalized spacial score (nSPS) is 13.7. The molecule has 7 heteroatoms. The van der Waals surface area contributed by atoms with E-state index in [1.165, 1.54) is 11.1 Å². The molecule has 0 unspecified atom stereocenters. The summed E-state index contributed by atoms with van der Waals surface area (Å²) in [5.74, 6) is 1.95. The van der Waals surface area contributed by atoms with Gasteiger partial charge in [0.1, 0.15) is 12.2 Å². The van der Waals surface area contributed by atoms with Gasteiger partial charge in [-0.3, -0.25) is 4.99 Å². The van der Waals surface area contributed by atoms with Gasteiger partial charge in [0.2, 0.25) is 0 Å². The second-order valence-corrected chi connectivity index (χ2v) is 6.11. The summed E-state index contributed by atoms with van der Waals surface area (Å²) < 4.78 is 2.07. The molecule has 0 saturated carbocycles. The minimum absolute atomic E-state index is 0. The van der Waals surface area contributed by atoms with Crippen LogP contribution in [-0.4, -0.2) is 45.3 Å². The molecular weight excluding hydrogens is 439 g/mol. The van der Waals surface area contributed by atoms with Gasteiger partial charge in [0.25, 0.3) is 0 Å². The van der Waals surface area contributed by atoms with Gasteiger partial charge in [-0.15, -0.1) is 40.8 Å². The fraction of sp³-hybridized carbons (Fsp3) is 0.421. The van der Waals surface area contributed by atoms with Crippen LogP contribution in [0.5, 0.6) is 0 Å². The van der Waals surface area contributed by atoms with E-state index in [9.17, 15) is 0 Å². The molecule has 0 radical (unpaired) electrons. The summed E-state index contributed by atoms with van der Waals surface area (Å²) in [7, 11) is 0. The molecule has 1 aromatic carbocycles. The van der Waals surface area contributed by atoms with Crippen LogP contribution in [0.15, 0.2) is 48.2 Å². The molecule has 0 fully saturated rings. The molecule has 1 N–H and O–H groups in total. The van der Waals surface area contributed by atoms with E-state index in [2.05, 4.69) is 62.7 Å². The minimum Gasteiger partial charge on any atom is -0.353 e. The third-order valence-electron chi connectivity index (χ3n) is 4.45. The number of aromatic nitrogens is 3. The van der Waals surface area contributed by atoms with Gasteiger partial charge in [-0.25, -0.2) is 0 Å². The Bertz CT molecular complexity index is 739. The van der Waals surface area contributed by atoms with Crippen LogP contribution in [0, 0.1) is 0 Å². The molecule has 0 bridgehead atoms. The minimum atomic E-state index is 0. The number of halogens is 1. The molecule has 0 amide bonds. The van der Waals surface area contributed by atoms with Gasteiger partial charge in [-0.1, -0.05) is 37.3 Å². The van der Waals surface area contributed by atoms with Crippen molar-refractivity contribution in [3.8, 4) is 0 Å². The number of aryl methyl sites for hydroxylation is 1. The number of aliphatic imine (C=N–C) groups is 1. The third kappa shape index (κ3) is 5.06. The van der Waals surface area contributed by atoms with Crippen molar-refractivity contribution < 1.29 is 0 Å². The molecule has 0 saturated heterocycles. The zero-order chi connectivity index (χ0) is 17.5. The number of hydrogen-bond donors (Lipinski definition) is 1. The van der Waals surface area contributed by atoms with Crippen LogP contribution in [-0.2, 0) is 25.9 Å². The van der Waals surface area contributed by atoms with Crippen molar-refractivity contribution in [3.05, 3.63) is 60.2 Å². The fourth-order valence-corrected chi connectivity index (χ4v) is 3.11. The molecule has 3 rings (SSSR count). The van der Waals surface area contributed by atoms with Gasteiger partial charge in [0, 0.05) is 32.6 Å². The van der Waals surface area contributed by atoms with Gasteiger partial charge < -0.3 is 14.8 Å². The monoisotopic (exact) mass is 466 g/mol. The van der Waals surface area contributed by atoms with Gasteiger partial charge in [0.15, 0.2) is 5.96 Å². The standard InChI is InChI=1S/C19H26N6.HI/c1-3-10-20-19(21-11-13-25-15-22-23-18(25)4-2)24-12-9-16-7-5-6-8-17(16)14-24;/h3,5-8,15H,1,4,9-14H2,2H3,(H,20,21);1H. The summed E-state index contributed by atoms with van der Waals surface area (Å²) in [4.78, 5) is 7.13. The second kappa shape index (κ2) is 10.3. The Hall–Kier alpha value is -1.90. The lowest BCUT2D eigenvalue weighted by molar-refractivity contribution is 0.379. The van der Waals surface area contributed by atoms with Crippen molar-refractivity contribution >= 4 is 29.9 Å². The number of rotatable bonds is 6. The van der Waals surface area contributed by atoms with E-state index in [1.54, 1.807) is 6.33 Å². The molecule has 1 aromatic heterocycles. The highest BCUT2D eigenvalue weighted by Crippen LogP contribution is 2.18. The van der Waals surface area contributed by atoms with E-state index in [0.717, 1.165) is 44.3 Å². The molecule has 2 aromatic rings. The molecular formula is C19H27IN6. The van der Waals surface area contributed by atoms with Crippen LogP contribution >= 0.6 is 24.0 Å². The molecule has 1 aliphatic heterocycles. The number of hydrogen-bond acceptors (Lipinski definition) is 3. The van der Waals surface area contributed by atoms with E-state index in [-0.39, 0.29) is 24.0 Å². The number of nitrogens with zero attached hydrogens (tertiary/aromatic N) is 5. The Morgan fingerprint density at radius 2 is 2.15 bits per heavy atom. The van der Waals surface area contributed by atoms with Gasteiger partial charge in [-0.05, 0) is 17.5 Å². The zero-order valence-corrected chi connectivity index (χ0v) is 17.6. The average molecular weight is 466 g/mol. The van der Waals surface area contributed by atoms with Crippen molar-refractivity contribution in [1.82, 2.24) is 25.0 Å². The third-order valence-corrected chi connectivity index (χ3v) is 4.45. The Morgan fingerprint density at radius 3 is 2.92 bits per heavy atom. The van der Waals surface area contributed by atoms with E-state index < -0.39 is 0 Å². The highest BCUT2D eigenvalue weighted by Gasteiger charge is 2.18. The molecule has 2 heterocycles. The molecule has 1 aliphatic rings. The van der Waals surface area contributed by atoms with E-state index in [4.69, 9.17) is 4.99 Å². The Morgan fingerprint density at radius 1 is 1.35 bits per heavy atom. The number of benzene rings is 1. The van der Waals surface area contributed by atoms with Crippen molar-refractivity contribution in [1.29, 1.82) is 0 Å². The van der Waals surface area contributed by atoms with Gasteiger partial charge in [-0.2, -0.15) is 0 Å². The van der Waals surface area contributed by atoms with Crippen LogP contribution < -0.4 is 5.32 Å². The topological polar surface area (TPSA) is 58.3 Å². The number of guanidine groups is 1. The largest absolute Gasteiger partial charge is 0.353 e. The highest BCUT2D eigenvalue weighted by atomic mass is 127. The Kier molecular flexibility index (Phi) is 8.08. The average Bonchev–Trinajstić information content (AvgIpc) is 3.11.